The van der Waals surface area contributed by atoms with Gasteiger partial charge < -0.3 is 10.2 Å². The van der Waals surface area contributed by atoms with Crippen LogP contribution in [0.4, 0.5) is 13.2 Å². The zero-order valence-corrected chi connectivity index (χ0v) is 17.2. The molecule has 1 saturated heterocycles. The van der Waals surface area contributed by atoms with Crippen molar-refractivity contribution in [2.45, 2.75) is 44.9 Å². The molecular formula is C20H23F3N6O2. The third kappa shape index (κ3) is 5.47. The Kier molecular flexibility index (Phi) is 6.71. The predicted octanol–water partition coefficient (Wildman–Crippen LogP) is 2.19. The minimum atomic E-state index is -4.51. The van der Waals surface area contributed by atoms with Gasteiger partial charge in [-0.05, 0) is 60.7 Å². The molecule has 8 nitrogen and oxygen atoms in total. The maximum absolute atomic E-state index is 13.2. The van der Waals surface area contributed by atoms with Gasteiger partial charge in [-0.25, -0.2) is 0 Å². The van der Waals surface area contributed by atoms with Crippen molar-refractivity contribution in [3.8, 4) is 0 Å². The average molecular weight is 436 g/mol. The summed E-state index contributed by atoms with van der Waals surface area (Å²) in [5.74, 6) is -0.206. The van der Waals surface area contributed by atoms with E-state index >= 15 is 0 Å². The largest absolute Gasteiger partial charge is 0.416 e. The molecule has 2 heterocycles. The molecule has 11 heteroatoms. The quantitative estimate of drug-likeness (QED) is 0.726. The Morgan fingerprint density at radius 3 is 2.71 bits per heavy atom. The molecule has 1 aromatic heterocycles. The van der Waals surface area contributed by atoms with E-state index in [-0.39, 0.29) is 23.9 Å². The van der Waals surface area contributed by atoms with Crippen LogP contribution < -0.4 is 5.32 Å². The van der Waals surface area contributed by atoms with Crippen LogP contribution in [0.25, 0.3) is 6.08 Å². The molecule has 1 atom stereocenters. The van der Waals surface area contributed by atoms with Crippen LogP contribution in [0, 0.1) is 6.92 Å². The number of benzene rings is 1. The molecule has 1 N–H and O–H groups in total. The van der Waals surface area contributed by atoms with Crippen LogP contribution >= 0.6 is 0 Å². The molecule has 1 aliphatic heterocycles. The molecular weight excluding hydrogens is 413 g/mol. The normalized spacial score (nSPS) is 17.2. The fourth-order valence-corrected chi connectivity index (χ4v) is 3.52. The predicted molar refractivity (Wildman–Crippen MR) is 106 cm³/mol. The monoisotopic (exact) mass is 436 g/mol. The number of likely N-dealkylation sites (tertiary alicyclic amines) is 1. The highest BCUT2D eigenvalue weighted by atomic mass is 19.4. The highest BCUT2D eigenvalue weighted by molar-refractivity contribution is 5.95. The fraction of sp³-hybridized carbons (Fsp3) is 0.450. The van der Waals surface area contributed by atoms with Crippen molar-refractivity contribution in [2.75, 3.05) is 13.6 Å². The second-order valence-electron chi connectivity index (χ2n) is 7.27. The van der Waals surface area contributed by atoms with Crippen molar-refractivity contribution >= 4 is 17.9 Å². The molecule has 0 spiro atoms. The number of nitrogens with zero attached hydrogens (tertiary/aromatic N) is 5. The third-order valence-electron chi connectivity index (χ3n) is 5.08. The summed E-state index contributed by atoms with van der Waals surface area (Å²) in [6.07, 6.45) is 0.439. The lowest BCUT2D eigenvalue weighted by Gasteiger charge is -2.33. The van der Waals surface area contributed by atoms with E-state index in [1.807, 2.05) is 0 Å². The van der Waals surface area contributed by atoms with Gasteiger partial charge in [-0.2, -0.15) is 18.0 Å². The summed E-state index contributed by atoms with van der Waals surface area (Å²) >= 11 is 0. The number of carbonyl (C=O) groups is 2. The van der Waals surface area contributed by atoms with Crippen LogP contribution in [-0.4, -0.2) is 56.6 Å². The minimum absolute atomic E-state index is 0.0385. The summed E-state index contributed by atoms with van der Waals surface area (Å²) in [6, 6.07) is 2.72. The molecule has 1 fully saturated rings. The number of alkyl halides is 3. The van der Waals surface area contributed by atoms with E-state index in [2.05, 4.69) is 20.7 Å². The van der Waals surface area contributed by atoms with Crippen LogP contribution in [0.2, 0.25) is 0 Å². The number of piperidine rings is 1. The van der Waals surface area contributed by atoms with E-state index in [1.54, 1.807) is 6.92 Å². The van der Waals surface area contributed by atoms with Gasteiger partial charge in [-0.1, -0.05) is 6.07 Å². The van der Waals surface area contributed by atoms with Crippen molar-refractivity contribution in [1.82, 2.24) is 30.4 Å². The molecule has 0 saturated carbocycles. The Balaban J connectivity index is 1.87. The standard InChI is InChI=1S/C20H23F3N6O2/c1-13-25-27-29(26-13)12-15-11-16(20(21,22)23)8-6-14(15)7-9-18(30)28-10-4-3-5-17(28)19(31)24-2/h6-9,11,17H,3-5,10,12H2,1-2H3,(H,24,31)/b9-7+/t17-/m1/s1. The zero-order valence-electron chi connectivity index (χ0n) is 17.2. The second-order valence-corrected chi connectivity index (χ2v) is 7.27. The number of likely N-dealkylation sites (N-methyl/N-ethyl adjacent to an activating group) is 1. The van der Waals surface area contributed by atoms with Crippen LogP contribution in [0.3, 0.4) is 0 Å². The Labute approximate surface area is 177 Å². The van der Waals surface area contributed by atoms with Crippen LogP contribution in [0.1, 0.15) is 41.8 Å². The Morgan fingerprint density at radius 2 is 2.06 bits per heavy atom. The van der Waals surface area contributed by atoms with Crippen molar-refractivity contribution in [3.63, 3.8) is 0 Å². The number of rotatable bonds is 5. The molecule has 0 bridgehead atoms. The van der Waals surface area contributed by atoms with Crippen LogP contribution in [-0.2, 0) is 22.3 Å². The maximum atomic E-state index is 13.2. The number of tetrazole rings is 1. The summed E-state index contributed by atoms with van der Waals surface area (Å²) in [6.45, 7) is 2.03. The first-order valence-electron chi connectivity index (χ1n) is 9.84. The minimum Gasteiger partial charge on any atom is -0.357 e. The highest BCUT2D eigenvalue weighted by Gasteiger charge is 2.32. The number of halogens is 3. The fourth-order valence-electron chi connectivity index (χ4n) is 3.52. The van der Waals surface area contributed by atoms with Crippen LogP contribution in [0.15, 0.2) is 24.3 Å². The zero-order chi connectivity index (χ0) is 22.6. The highest BCUT2D eigenvalue weighted by Crippen LogP contribution is 2.31. The molecule has 1 aliphatic rings. The van der Waals surface area contributed by atoms with Crippen molar-refractivity contribution in [3.05, 3.63) is 46.8 Å². The summed E-state index contributed by atoms with van der Waals surface area (Å²) in [5, 5.41) is 14.1. The lowest BCUT2D eigenvalue weighted by molar-refractivity contribution is -0.138. The van der Waals surface area contributed by atoms with Crippen molar-refractivity contribution < 1.29 is 22.8 Å². The Bertz CT molecular complexity index is 986. The van der Waals surface area contributed by atoms with E-state index in [0.29, 0.717) is 24.4 Å². The van der Waals surface area contributed by atoms with Gasteiger partial charge in [0, 0.05) is 19.7 Å². The van der Waals surface area contributed by atoms with E-state index in [9.17, 15) is 22.8 Å². The first-order chi connectivity index (χ1) is 14.7. The van der Waals surface area contributed by atoms with Gasteiger partial charge in [-0.15, -0.1) is 10.2 Å². The average Bonchev–Trinajstić information content (AvgIpc) is 3.15. The second kappa shape index (κ2) is 9.27. The molecule has 31 heavy (non-hydrogen) atoms. The molecule has 0 unspecified atom stereocenters. The summed E-state index contributed by atoms with van der Waals surface area (Å²) < 4.78 is 39.6. The number of aromatic nitrogens is 4. The third-order valence-corrected chi connectivity index (χ3v) is 5.08. The first kappa shape index (κ1) is 22.4. The Hall–Kier alpha value is -3.24. The van der Waals surface area contributed by atoms with Gasteiger partial charge in [0.25, 0.3) is 0 Å². The van der Waals surface area contributed by atoms with Crippen LogP contribution in [0.5, 0.6) is 0 Å². The van der Waals surface area contributed by atoms with E-state index in [0.717, 1.165) is 25.0 Å². The van der Waals surface area contributed by atoms with Gasteiger partial charge in [-0.3, -0.25) is 9.59 Å². The number of amides is 2. The molecule has 166 valence electrons. The van der Waals surface area contributed by atoms with Gasteiger partial charge >= 0.3 is 6.18 Å². The molecule has 0 radical (unpaired) electrons. The van der Waals surface area contributed by atoms with Gasteiger partial charge in [0.2, 0.25) is 11.8 Å². The summed E-state index contributed by atoms with van der Waals surface area (Å²) in [7, 11) is 1.52. The Morgan fingerprint density at radius 1 is 1.29 bits per heavy atom. The molecule has 1 aromatic carbocycles. The molecule has 3 rings (SSSR count). The molecule has 0 aliphatic carbocycles. The lowest BCUT2D eigenvalue weighted by atomic mass is 10.0. The summed E-state index contributed by atoms with van der Waals surface area (Å²) in [4.78, 5) is 27.5. The SMILES string of the molecule is CNC(=O)[C@H]1CCCCN1C(=O)/C=C/c1ccc(C(F)(F)F)cc1Cn1nnc(C)n1. The van der Waals surface area contributed by atoms with E-state index in [1.165, 1.54) is 35.0 Å². The molecule has 2 aromatic rings. The maximum Gasteiger partial charge on any atom is 0.416 e. The van der Waals surface area contributed by atoms with Gasteiger partial charge in [0.1, 0.15) is 6.04 Å². The number of hydrogen-bond donors (Lipinski definition) is 1. The van der Waals surface area contributed by atoms with Gasteiger partial charge in [0.05, 0.1) is 12.1 Å². The summed E-state index contributed by atoms with van der Waals surface area (Å²) in [5.41, 5.74) is -0.0962. The van der Waals surface area contributed by atoms with Crippen molar-refractivity contribution in [2.24, 2.45) is 0 Å². The van der Waals surface area contributed by atoms with E-state index < -0.39 is 17.8 Å². The van der Waals surface area contributed by atoms with Crippen molar-refractivity contribution in [1.29, 1.82) is 0 Å². The topological polar surface area (TPSA) is 93.0 Å². The number of aryl methyl sites for hydroxylation is 1. The molecule has 2 amide bonds. The number of nitrogens with one attached hydrogen (secondary N) is 1. The number of carbonyl (C=O) groups excluding carboxylic acids is 2. The first-order valence-corrected chi connectivity index (χ1v) is 9.84. The van der Waals surface area contributed by atoms with Gasteiger partial charge in [0.15, 0.2) is 5.82 Å². The number of hydrogen-bond acceptors (Lipinski definition) is 5. The lowest BCUT2D eigenvalue weighted by Crippen LogP contribution is -2.50. The smallest absolute Gasteiger partial charge is 0.357 e. The van der Waals surface area contributed by atoms with E-state index in [4.69, 9.17) is 0 Å².